The summed E-state index contributed by atoms with van der Waals surface area (Å²) in [6.07, 6.45) is 0. The Morgan fingerprint density at radius 1 is 1.17 bits per heavy atom. The predicted octanol–water partition coefficient (Wildman–Crippen LogP) is 3.40. The third kappa shape index (κ3) is 2.37. The Morgan fingerprint density at radius 2 is 1.83 bits per heavy atom. The molecule has 9 heteroatoms. The van der Waals surface area contributed by atoms with Crippen LogP contribution in [0.2, 0.25) is 0 Å². The second kappa shape index (κ2) is 5.65. The first-order valence-electron chi connectivity index (χ1n) is 6.44. The van der Waals surface area contributed by atoms with Gasteiger partial charge in [0.05, 0.1) is 11.3 Å². The Morgan fingerprint density at radius 3 is 2.43 bits per heavy atom. The van der Waals surface area contributed by atoms with Gasteiger partial charge < -0.3 is 4.74 Å². The van der Waals surface area contributed by atoms with Gasteiger partial charge in [-0.05, 0) is 19.1 Å². The lowest BCUT2D eigenvalue weighted by Crippen LogP contribution is -2.17. The molecule has 4 nitrogen and oxygen atoms in total. The van der Waals surface area contributed by atoms with Crippen LogP contribution in [-0.4, -0.2) is 15.5 Å². The van der Waals surface area contributed by atoms with E-state index in [0.717, 1.165) is 0 Å². The van der Waals surface area contributed by atoms with Crippen LogP contribution in [0.4, 0.5) is 17.6 Å². The van der Waals surface area contributed by atoms with Gasteiger partial charge in [0.1, 0.15) is 16.8 Å². The normalized spacial score (nSPS) is 11.2. The fourth-order valence-electron chi connectivity index (χ4n) is 2.12. The molecule has 0 bridgehead atoms. The van der Waals surface area contributed by atoms with Gasteiger partial charge in [0.15, 0.2) is 0 Å². The molecular formula is C14H8F4N2O2S. The summed E-state index contributed by atoms with van der Waals surface area (Å²) in [5.74, 6) is -6.91. The highest BCUT2D eigenvalue weighted by Crippen LogP contribution is 2.30. The molecule has 0 N–H and O–H groups in total. The first-order valence-corrected chi connectivity index (χ1v) is 7.21. The first-order chi connectivity index (χ1) is 11.0. The highest BCUT2D eigenvalue weighted by Gasteiger charge is 2.25. The average Bonchev–Trinajstić information content (AvgIpc) is 2.84. The van der Waals surface area contributed by atoms with Crippen molar-refractivity contribution < 1.29 is 22.3 Å². The van der Waals surface area contributed by atoms with Gasteiger partial charge in [-0.2, -0.15) is 22.5 Å². The lowest BCUT2D eigenvalue weighted by Gasteiger charge is -2.05. The molecule has 3 rings (SSSR count). The molecule has 0 atom stereocenters. The zero-order valence-electron chi connectivity index (χ0n) is 11.6. The van der Waals surface area contributed by atoms with E-state index in [2.05, 4.69) is 4.98 Å². The van der Waals surface area contributed by atoms with E-state index in [1.54, 1.807) is 13.0 Å². The maximum Gasteiger partial charge on any atom is 0.277 e. The van der Waals surface area contributed by atoms with Crippen molar-refractivity contribution in [3.63, 3.8) is 0 Å². The minimum Gasteiger partial charge on any atom is -0.493 e. The van der Waals surface area contributed by atoms with Crippen LogP contribution in [0.5, 0.6) is 5.75 Å². The lowest BCUT2D eigenvalue weighted by molar-refractivity contribution is 0.344. The van der Waals surface area contributed by atoms with Crippen molar-refractivity contribution in [2.75, 3.05) is 6.61 Å². The van der Waals surface area contributed by atoms with Gasteiger partial charge in [-0.3, -0.25) is 4.79 Å². The molecule has 0 unspecified atom stereocenters. The SMILES string of the molecule is CCOc1cccc2sn(-c3c(F)c(F)nc(F)c3F)c(=O)c12. The molecule has 0 amide bonds. The van der Waals surface area contributed by atoms with Gasteiger partial charge >= 0.3 is 0 Å². The van der Waals surface area contributed by atoms with Gasteiger partial charge in [-0.15, -0.1) is 0 Å². The Bertz CT molecular complexity index is 941. The lowest BCUT2D eigenvalue weighted by atomic mass is 10.2. The molecule has 0 spiro atoms. The summed E-state index contributed by atoms with van der Waals surface area (Å²) in [4.78, 5) is 14.9. The maximum absolute atomic E-state index is 13.9. The Hall–Kier alpha value is -2.42. The third-order valence-electron chi connectivity index (χ3n) is 3.05. The highest BCUT2D eigenvalue weighted by molar-refractivity contribution is 7.14. The van der Waals surface area contributed by atoms with Gasteiger partial charge in [-0.1, -0.05) is 17.6 Å². The van der Waals surface area contributed by atoms with Crippen LogP contribution in [0.15, 0.2) is 23.0 Å². The van der Waals surface area contributed by atoms with Crippen molar-refractivity contribution in [1.29, 1.82) is 0 Å². The molecule has 120 valence electrons. The number of aromatic nitrogens is 2. The monoisotopic (exact) mass is 344 g/mol. The van der Waals surface area contributed by atoms with E-state index >= 15 is 0 Å². The molecule has 0 saturated heterocycles. The molecule has 0 aliphatic rings. The summed E-state index contributed by atoms with van der Waals surface area (Å²) >= 11 is 0.646. The van der Waals surface area contributed by atoms with Crippen LogP contribution in [0.3, 0.4) is 0 Å². The molecule has 2 heterocycles. The molecule has 1 aromatic carbocycles. The minimum atomic E-state index is -1.83. The molecule has 0 fully saturated rings. The van der Waals surface area contributed by atoms with Crippen molar-refractivity contribution in [3.8, 4) is 11.4 Å². The van der Waals surface area contributed by atoms with Crippen LogP contribution in [0.1, 0.15) is 6.92 Å². The number of benzene rings is 1. The minimum absolute atomic E-state index is 0.0794. The van der Waals surface area contributed by atoms with Crippen LogP contribution in [-0.2, 0) is 0 Å². The molecule has 0 aliphatic carbocycles. The number of hydrogen-bond donors (Lipinski definition) is 0. The largest absolute Gasteiger partial charge is 0.493 e. The highest BCUT2D eigenvalue weighted by atomic mass is 32.1. The second-order valence-electron chi connectivity index (χ2n) is 4.42. The summed E-state index contributed by atoms with van der Waals surface area (Å²) in [7, 11) is 0. The molecule has 0 radical (unpaired) electrons. The van der Waals surface area contributed by atoms with Crippen LogP contribution >= 0.6 is 11.5 Å². The van der Waals surface area contributed by atoms with E-state index in [1.807, 2.05) is 0 Å². The number of halogens is 4. The third-order valence-corrected chi connectivity index (χ3v) is 4.12. The van der Waals surface area contributed by atoms with E-state index in [4.69, 9.17) is 4.74 Å². The van der Waals surface area contributed by atoms with Crippen LogP contribution in [0, 0.1) is 23.5 Å². The Labute approximate surface area is 130 Å². The number of rotatable bonds is 3. The summed E-state index contributed by atoms with van der Waals surface area (Å²) in [6, 6.07) is 4.64. The molecule has 2 aromatic heterocycles. The zero-order chi connectivity index (χ0) is 16.7. The van der Waals surface area contributed by atoms with Crippen molar-refractivity contribution in [1.82, 2.24) is 8.94 Å². The fourth-order valence-corrected chi connectivity index (χ4v) is 3.16. The second-order valence-corrected chi connectivity index (χ2v) is 5.41. The Balaban J connectivity index is 2.38. The fraction of sp³-hybridized carbons (Fsp3) is 0.143. The van der Waals surface area contributed by atoms with E-state index in [9.17, 15) is 22.4 Å². The van der Waals surface area contributed by atoms with E-state index in [0.29, 0.717) is 20.2 Å². The van der Waals surface area contributed by atoms with E-state index in [1.165, 1.54) is 12.1 Å². The smallest absolute Gasteiger partial charge is 0.277 e. The van der Waals surface area contributed by atoms with Crippen molar-refractivity contribution in [2.24, 2.45) is 0 Å². The van der Waals surface area contributed by atoms with Crippen LogP contribution in [0.25, 0.3) is 15.8 Å². The van der Waals surface area contributed by atoms with Crippen molar-refractivity contribution in [3.05, 3.63) is 52.1 Å². The summed E-state index contributed by atoms with van der Waals surface area (Å²) in [6.45, 7) is 1.98. The number of ether oxygens (including phenoxy) is 1. The molecule has 3 aromatic rings. The zero-order valence-corrected chi connectivity index (χ0v) is 12.4. The van der Waals surface area contributed by atoms with E-state index in [-0.39, 0.29) is 17.7 Å². The Kier molecular flexibility index (Phi) is 3.80. The number of nitrogens with zero attached hydrogens (tertiary/aromatic N) is 2. The van der Waals surface area contributed by atoms with Crippen LogP contribution < -0.4 is 10.3 Å². The predicted molar refractivity (Wildman–Crippen MR) is 76.2 cm³/mol. The molecule has 0 aliphatic heterocycles. The standard InChI is InChI=1S/C14H8F4N2O2S/c1-2-22-6-4-3-5-7-8(6)14(21)20(23-7)11-9(15)12(17)19-13(18)10(11)16/h3-5H,2H2,1H3. The quantitative estimate of drug-likeness (QED) is 0.540. The van der Waals surface area contributed by atoms with Gasteiger partial charge in [-0.25, -0.2) is 3.96 Å². The van der Waals surface area contributed by atoms with Crippen molar-refractivity contribution in [2.45, 2.75) is 6.92 Å². The summed E-state index contributed by atoms with van der Waals surface area (Å²) in [5, 5.41) is 0.0794. The van der Waals surface area contributed by atoms with E-state index < -0.39 is 34.8 Å². The number of pyridine rings is 1. The number of hydrogen-bond acceptors (Lipinski definition) is 4. The summed E-state index contributed by atoms with van der Waals surface area (Å²) in [5.41, 5.74) is -1.97. The van der Waals surface area contributed by atoms with Crippen molar-refractivity contribution >= 4 is 21.6 Å². The number of fused-ring (bicyclic) bond motifs is 1. The topological polar surface area (TPSA) is 44.1 Å². The van der Waals surface area contributed by atoms with Gasteiger partial charge in [0.2, 0.25) is 11.6 Å². The van der Waals surface area contributed by atoms with Gasteiger partial charge in [0, 0.05) is 0 Å². The maximum atomic E-state index is 13.9. The molecular weight excluding hydrogens is 336 g/mol. The first kappa shape index (κ1) is 15.5. The van der Waals surface area contributed by atoms with Gasteiger partial charge in [0.25, 0.3) is 17.5 Å². The summed E-state index contributed by atoms with van der Waals surface area (Å²) < 4.78 is 60.5. The molecule has 0 saturated carbocycles. The molecule has 23 heavy (non-hydrogen) atoms. The average molecular weight is 344 g/mol.